The van der Waals surface area contributed by atoms with E-state index in [2.05, 4.69) is 6.58 Å². The zero-order valence-electron chi connectivity index (χ0n) is 15.1. The molecule has 2 aromatic rings. The van der Waals surface area contributed by atoms with Gasteiger partial charge in [-0.15, -0.1) is 0 Å². The minimum atomic E-state index is -0.445. The number of carbonyl (C=O) groups is 1. The van der Waals surface area contributed by atoms with Gasteiger partial charge in [0.1, 0.15) is 17.9 Å². The van der Waals surface area contributed by atoms with E-state index in [1.165, 1.54) is 6.07 Å². The molecule has 1 atom stereocenters. The molecule has 1 aromatic heterocycles. The molecule has 2 rings (SSSR count). The monoisotopic (exact) mass is 344 g/mol. The van der Waals surface area contributed by atoms with E-state index in [-0.39, 0.29) is 24.4 Å². The third-order valence-corrected chi connectivity index (χ3v) is 3.94. The predicted molar refractivity (Wildman–Crippen MR) is 97.0 cm³/mol. The number of benzene rings is 1. The van der Waals surface area contributed by atoms with Gasteiger partial charge in [0.15, 0.2) is 0 Å². The van der Waals surface area contributed by atoms with Crippen molar-refractivity contribution in [3.8, 4) is 5.75 Å². The van der Waals surface area contributed by atoms with Gasteiger partial charge in [-0.1, -0.05) is 26.0 Å². The van der Waals surface area contributed by atoms with Crippen LogP contribution in [0.15, 0.2) is 45.6 Å². The minimum Gasteiger partial charge on any atom is -0.496 e. The predicted octanol–water partition coefficient (Wildman–Crippen LogP) is 4.05. The molecule has 0 aliphatic heterocycles. The number of ether oxygens (including phenoxy) is 2. The molecule has 0 aliphatic carbocycles. The second-order valence-electron chi connectivity index (χ2n) is 6.53. The number of methoxy groups -OCH3 is 1. The molecule has 0 N–H and O–H groups in total. The van der Waals surface area contributed by atoms with Gasteiger partial charge in [0, 0.05) is 29.4 Å². The Morgan fingerprint density at radius 3 is 2.52 bits per heavy atom. The van der Waals surface area contributed by atoms with Crippen LogP contribution in [-0.4, -0.2) is 19.7 Å². The molecular weight excluding hydrogens is 320 g/mol. The van der Waals surface area contributed by atoms with Gasteiger partial charge in [0.2, 0.25) is 0 Å². The number of esters is 1. The van der Waals surface area contributed by atoms with E-state index in [4.69, 9.17) is 13.9 Å². The van der Waals surface area contributed by atoms with Gasteiger partial charge in [0.05, 0.1) is 7.11 Å². The smallest absolute Gasteiger partial charge is 0.336 e. The van der Waals surface area contributed by atoms with Crippen molar-refractivity contribution >= 4 is 16.9 Å². The summed E-state index contributed by atoms with van der Waals surface area (Å²) < 4.78 is 16.3. The van der Waals surface area contributed by atoms with Gasteiger partial charge in [-0.2, -0.15) is 0 Å². The topological polar surface area (TPSA) is 65.7 Å². The summed E-state index contributed by atoms with van der Waals surface area (Å²) in [5.41, 5.74) is 1.44. The van der Waals surface area contributed by atoms with Crippen LogP contribution in [0.4, 0.5) is 0 Å². The maximum atomic E-state index is 11.9. The Morgan fingerprint density at radius 2 is 1.92 bits per heavy atom. The van der Waals surface area contributed by atoms with Crippen LogP contribution < -0.4 is 10.4 Å². The van der Waals surface area contributed by atoms with Crippen molar-refractivity contribution in [2.75, 3.05) is 13.7 Å². The second-order valence-corrected chi connectivity index (χ2v) is 6.53. The molecule has 134 valence electrons. The maximum absolute atomic E-state index is 11.9. The molecule has 0 fully saturated rings. The lowest BCUT2D eigenvalue weighted by atomic mass is 9.91. The van der Waals surface area contributed by atoms with E-state index >= 15 is 0 Å². The fourth-order valence-corrected chi connectivity index (χ4v) is 2.68. The lowest BCUT2D eigenvalue weighted by Gasteiger charge is -2.21. The Balaban J connectivity index is 2.46. The van der Waals surface area contributed by atoms with Crippen LogP contribution in [0, 0.1) is 5.92 Å². The third kappa shape index (κ3) is 4.50. The van der Waals surface area contributed by atoms with Gasteiger partial charge in [0.25, 0.3) is 0 Å². The number of hydrogen-bond donors (Lipinski definition) is 0. The number of rotatable bonds is 7. The van der Waals surface area contributed by atoms with Gasteiger partial charge in [-0.25, -0.2) is 4.79 Å². The SMILES string of the molecule is C=C(C)[C@H](COC(=O)CC(C)C)c1c(OC)ccc2ccc(=O)oc12. The van der Waals surface area contributed by atoms with Crippen LogP contribution in [0.5, 0.6) is 5.75 Å². The van der Waals surface area contributed by atoms with Crippen molar-refractivity contribution in [1.29, 1.82) is 0 Å². The largest absolute Gasteiger partial charge is 0.496 e. The number of hydrogen-bond acceptors (Lipinski definition) is 5. The Hall–Kier alpha value is -2.56. The van der Waals surface area contributed by atoms with Gasteiger partial charge in [-0.05, 0) is 31.0 Å². The first kappa shape index (κ1) is 18.8. The van der Waals surface area contributed by atoms with Crippen LogP contribution in [0.3, 0.4) is 0 Å². The molecule has 1 aromatic carbocycles. The van der Waals surface area contributed by atoms with Crippen LogP contribution in [0.25, 0.3) is 11.0 Å². The zero-order valence-corrected chi connectivity index (χ0v) is 15.1. The summed E-state index contributed by atoms with van der Waals surface area (Å²) in [6.07, 6.45) is 0.352. The van der Waals surface area contributed by atoms with Crippen LogP contribution in [0.1, 0.15) is 38.7 Å². The number of fused-ring (bicyclic) bond motifs is 1. The summed E-state index contributed by atoms with van der Waals surface area (Å²) in [5, 5.41) is 0.773. The molecule has 0 saturated carbocycles. The number of carbonyl (C=O) groups excluding carboxylic acids is 1. The summed E-state index contributed by atoms with van der Waals surface area (Å²) in [6.45, 7) is 9.89. The Bertz CT molecular complexity index is 832. The first-order valence-corrected chi connectivity index (χ1v) is 8.25. The highest BCUT2D eigenvalue weighted by Gasteiger charge is 2.24. The Morgan fingerprint density at radius 1 is 1.24 bits per heavy atom. The highest BCUT2D eigenvalue weighted by molar-refractivity contribution is 5.83. The fraction of sp³-hybridized carbons (Fsp3) is 0.400. The Kier molecular flexibility index (Phi) is 6.02. The lowest BCUT2D eigenvalue weighted by Crippen LogP contribution is -2.16. The zero-order chi connectivity index (χ0) is 18.6. The fourth-order valence-electron chi connectivity index (χ4n) is 2.68. The van der Waals surface area contributed by atoms with Gasteiger partial charge in [-0.3, -0.25) is 4.79 Å². The van der Waals surface area contributed by atoms with Crippen molar-refractivity contribution in [2.24, 2.45) is 5.92 Å². The lowest BCUT2D eigenvalue weighted by molar-refractivity contribution is -0.144. The van der Waals surface area contributed by atoms with Crippen molar-refractivity contribution in [2.45, 2.75) is 33.1 Å². The maximum Gasteiger partial charge on any atom is 0.336 e. The van der Waals surface area contributed by atoms with E-state index in [0.717, 1.165) is 11.0 Å². The van der Waals surface area contributed by atoms with Crippen LogP contribution in [0.2, 0.25) is 0 Å². The quantitative estimate of drug-likeness (QED) is 0.431. The molecule has 0 bridgehead atoms. The summed E-state index contributed by atoms with van der Waals surface area (Å²) in [6, 6.07) is 6.70. The van der Waals surface area contributed by atoms with E-state index < -0.39 is 5.63 Å². The van der Waals surface area contributed by atoms with Gasteiger partial charge < -0.3 is 13.9 Å². The molecule has 0 spiro atoms. The molecule has 0 amide bonds. The highest BCUT2D eigenvalue weighted by Crippen LogP contribution is 2.37. The standard InChI is InChI=1S/C20H24O5/c1-12(2)10-18(22)24-11-15(13(3)4)19-16(23-5)8-6-14-7-9-17(21)25-20(14)19/h6-9,12,15H,3,10-11H2,1-2,4-5H3/t15-/m0/s1. The molecule has 0 aliphatic rings. The normalized spacial score (nSPS) is 12.2. The molecule has 0 radical (unpaired) electrons. The van der Waals surface area contributed by atoms with E-state index in [1.807, 2.05) is 32.9 Å². The summed E-state index contributed by atoms with van der Waals surface area (Å²) in [5.74, 6) is 0.192. The summed E-state index contributed by atoms with van der Waals surface area (Å²) >= 11 is 0. The molecule has 0 unspecified atom stereocenters. The van der Waals surface area contributed by atoms with Crippen molar-refractivity contribution in [3.05, 3.63) is 52.4 Å². The first-order chi connectivity index (χ1) is 11.8. The van der Waals surface area contributed by atoms with Crippen molar-refractivity contribution in [1.82, 2.24) is 0 Å². The molecule has 0 saturated heterocycles. The molecule has 5 heteroatoms. The van der Waals surface area contributed by atoms with Crippen LogP contribution >= 0.6 is 0 Å². The molecule has 1 heterocycles. The third-order valence-electron chi connectivity index (χ3n) is 3.94. The first-order valence-electron chi connectivity index (χ1n) is 8.25. The Labute approximate surface area is 147 Å². The average Bonchev–Trinajstić information content (AvgIpc) is 2.54. The van der Waals surface area contributed by atoms with E-state index in [0.29, 0.717) is 23.3 Å². The van der Waals surface area contributed by atoms with Crippen molar-refractivity contribution < 1.29 is 18.7 Å². The minimum absolute atomic E-state index is 0.120. The van der Waals surface area contributed by atoms with Crippen molar-refractivity contribution in [3.63, 3.8) is 0 Å². The van der Waals surface area contributed by atoms with E-state index in [9.17, 15) is 9.59 Å². The average molecular weight is 344 g/mol. The summed E-state index contributed by atoms with van der Waals surface area (Å²) in [4.78, 5) is 23.6. The van der Waals surface area contributed by atoms with E-state index in [1.54, 1.807) is 13.2 Å². The van der Waals surface area contributed by atoms with Gasteiger partial charge >= 0.3 is 11.6 Å². The molecule has 25 heavy (non-hydrogen) atoms. The highest BCUT2D eigenvalue weighted by atomic mass is 16.5. The van der Waals surface area contributed by atoms with Crippen LogP contribution in [-0.2, 0) is 9.53 Å². The summed E-state index contributed by atoms with van der Waals surface area (Å²) in [7, 11) is 1.55. The second kappa shape index (κ2) is 8.01. The molecule has 5 nitrogen and oxygen atoms in total. The molecular formula is C20H24O5.